The highest BCUT2D eigenvalue weighted by Crippen LogP contribution is 1.83. The molecule has 0 spiro atoms. The molecule has 2 fully saturated rings. The fourth-order valence-corrected chi connectivity index (χ4v) is 1.55. The highest BCUT2D eigenvalue weighted by Gasteiger charge is 2.01. The smallest absolute Gasteiger partial charge is 0.0104 e. The lowest BCUT2D eigenvalue weighted by atomic mass is 10.4. The van der Waals surface area contributed by atoms with Gasteiger partial charge in [0, 0.05) is 52.4 Å². The van der Waals surface area contributed by atoms with Crippen LogP contribution in [0.5, 0.6) is 0 Å². The molecule has 0 bridgehead atoms. The highest BCUT2D eigenvalue weighted by molar-refractivity contribution is 4.62. The molecule has 2 aliphatic heterocycles. The normalized spacial score (nSPS) is 17.2. The summed E-state index contributed by atoms with van der Waals surface area (Å²) in [5.41, 5.74) is 0. The molecule has 4 nitrogen and oxygen atoms in total. The van der Waals surface area contributed by atoms with Gasteiger partial charge in [0.1, 0.15) is 0 Å². The molecule has 0 aromatic carbocycles. The van der Waals surface area contributed by atoms with Crippen LogP contribution >= 0.6 is 0 Å². The summed E-state index contributed by atoms with van der Waals surface area (Å²) < 4.78 is 0. The molecular weight excluding hydrogens is 272 g/mol. The minimum absolute atomic E-state index is 1.16. The van der Waals surface area contributed by atoms with Crippen molar-refractivity contribution in [3.05, 3.63) is 0 Å². The van der Waals surface area contributed by atoms with E-state index in [0.717, 1.165) is 26.2 Å². The zero-order valence-corrected chi connectivity index (χ0v) is 17.6. The molecule has 0 atom stereocenters. The van der Waals surface area contributed by atoms with Crippen LogP contribution in [0.15, 0.2) is 0 Å². The van der Waals surface area contributed by atoms with E-state index in [0.29, 0.717) is 0 Å². The molecular formula is C18H48N4. The van der Waals surface area contributed by atoms with E-state index in [9.17, 15) is 0 Å². The Hall–Kier alpha value is -0.160. The maximum atomic E-state index is 3.27. The molecule has 2 heterocycles. The van der Waals surface area contributed by atoms with Crippen molar-refractivity contribution in [3.8, 4) is 0 Å². The van der Waals surface area contributed by atoms with E-state index in [1.165, 1.54) is 26.2 Å². The van der Waals surface area contributed by atoms with Gasteiger partial charge in [-0.15, -0.1) is 0 Å². The Morgan fingerprint density at radius 1 is 0.455 bits per heavy atom. The Bertz CT molecular complexity index is 115. The van der Waals surface area contributed by atoms with Gasteiger partial charge in [0.2, 0.25) is 0 Å². The summed E-state index contributed by atoms with van der Waals surface area (Å²) >= 11 is 0. The fraction of sp³-hybridized carbons (Fsp3) is 1.00. The number of nitrogens with zero attached hydrogens (tertiary/aromatic N) is 2. The number of likely N-dealkylation sites (N-methyl/N-ethyl adjacent to an activating group) is 2. The molecule has 4 heteroatoms. The molecule has 0 radical (unpaired) electrons. The Morgan fingerprint density at radius 2 is 0.636 bits per heavy atom. The van der Waals surface area contributed by atoms with E-state index in [4.69, 9.17) is 0 Å². The molecule has 0 saturated carbocycles. The van der Waals surface area contributed by atoms with Crippen molar-refractivity contribution in [2.24, 2.45) is 0 Å². The maximum Gasteiger partial charge on any atom is 0.0104 e. The SMILES string of the molecule is CC.CC.CC.CC.CN1CCNCC1.CN1CCNCC1. The quantitative estimate of drug-likeness (QED) is 0.718. The molecule has 0 unspecified atom stereocenters. The largest absolute Gasteiger partial charge is 0.314 e. The lowest BCUT2D eigenvalue weighted by molar-refractivity contribution is 0.291. The Morgan fingerprint density at radius 3 is 0.727 bits per heavy atom. The molecule has 22 heavy (non-hydrogen) atoms. The first-order valence-electron chi connectivity index (χ1n) is 9.57. The molecule has 2 rings (SSSR count). The fourth-order valence-electron chi connectivity index (χ4n) is 1.55. The van der Waals surface area contributed by atoms with E-state index in [2.05, 4.69) is 34.5 Å². The van der Waals surface area contributed by atoms with Gasteiger partial charge in [0.05, 0.1) is 0 Å². The van der Waals surface area contributed by atoms with Crippen LogP contribution in [0.3, 0.4) is 0 Å². The van der Waals surface area contributed by atoms with Gasteiger partial charge >= 0.3 is 0 Å². The van der Waals surface area contributed by atoms with Gasteiger partial charge in [-0.25, -0.2) is 0 Å². The average molecular weight is 321 g/mol. The van der Waals surface area contributed by atoms with Crippen molar-refractivity contribution >= 4 is 0 Å². The van der Waals surface area contributed by atoms with Gasteiger partial charge in [-0.3, -0.25) is 0 Å². The molecule has 2 aliphatic rings. The summed E-state index contributed by atoms with van der Waals surface area (Å²) in [6, 6.07) is 0. The van der Waals surface area contributed by atoms with Crippen molar-refractivity contribution in [3.63, 3.8) is 0 Å². The first-order valence-corrected chi connectivity index (χ1v) is 9.57. The molecule has 140 valence electrons. The van der Waals surface area contributed by atoms with E-state index in [-0.39, 0.29) is 0 Å². The van der Waals surface area contributed by atoms with Crippen LogP contribution in [0.1, 0.15) is 55.4 Å². The molecule has 2 N–H and O–H groups in total. The number of hydrogen-bond donors (Lipinski definition) is 2. The van der Waals surface area contributed by atoms with Crippen LogP contribution in [0.25, 0.3) is 0 Å². The number of rotatable bonds is 0. The van der Waals surface area contributed by atoms with Crippen LogP contribution in [0, 0.1) is 0 Å². The zero-order chi connectivity index (χ0) is 18.2. The summed E-state index contributed by atoms with van der Waals surface area (Å²) in [4.78, 5) is 4.66. The zero-order valence-electron chi connectivity index (χ0n) is 17.6. The van der Waals surface area contributed by atoms with Crippen LogP contribution in [0.4, 0.5) is 0 Å². The topological polar surface area (TPSA) is 30.5 Å². The van der Waals surface area contributed by atoms with Gasteiger partial charge in [-0.05, 0) is 14.1 Å². The van der Waals surface area contributed by atoms with E-state index in [1.807, 2.05) is 55.4 Å². The van der Waals surface area contributed by atoms with Crippen molar-refractivity contribution in [1.29, 1.82) is 0 Å². The number of nitrogens with one attached hydrogen (secondary N) is 2. The summed E-state index contributed by atoms with van der Waals surface area (Å²) in [6.45, 7) is 25.5. The second-order valence-electron chi connectivity index (χ2n) is 4.11. The monoisotopic (exact) mass is 320 g/mol. The van der Waals surface area contributed by atoms with E-state index < -0.39 is 0 Å². The van der Waals surface area contributed by atoms with E-state index in [1.54, 1.807) is 0 Å². The molecule has 0 aromatic rings. The summed E-state index contributed by atoms with van der Waals surface area (Å²) in [7, 11) is 4.31. The first kappa shape index (κ1) is 29.8. The lowest BCUT2D eigenvalue weighted by Crippen LogP contribution is -2.40. The summed E-state index contributed by atoms with van der Waals surface area (Å²) in [5.74, 6) is 0. The molecule has 0 amide bonds. The predicted octanol–water partition coefficient (Wildman–Crippen LogP) is 3.15. The minimum atomic E-state index is 1.16. The van der Waals surface area contributed by atoms with Crippen LogP contribution in [-0.2, 0) is 0 Å². The second-order valence-corrected chi connectivity index (χ2v) is 4.11. The number of hydrogen-bond acceptors (Lipinski definition) is 4. The predicted molar refractivity (Wildman–Crippen MR) is 106 cm³/mol. The van der Waals surface area contributed by atoms with Gasteiger partial charge in [-0.1, -0.05) is 55.4 Å². The Kier molecular flexibility index (Phi) is 44.3. The van der Waals surface area contributed by atoms with Crippen molar-refractivity contribution in [2.75, 3.05) is 66.5 Å². The van der Waals surface area contributed by atoms with Crippen molar-refractivity contribution in [1.82, 2.24) is 20.4 Å². The molecule has 2 saturated heterocycles. The van der Waals surface area contributed by atoms with Crippen molar-refractivity contribution < 1.29 is 0 Å². The number of piperazine rings is 2. The van der Waals surface area contributed by atoms with Gasteiger partial charge in [0.25, 0.3) is 0 Å². The molecule has 0 aliphatic carbocycles. The highest BCUT2D eigenvalue weighted by atomic mass is 15.2. The lowest BCUT2D eigenvalue weighted by Gasteiger charge is -2.21. The third kappa shape index (κ3) is 28.1. The van der Waals surface area contributed by atoms with Crippen LogP contribution in [-0.4, -0.2) is 76.3 Å². The van der Waals surface area contributed by atoms with E-state index >= 15 is 0 Å². The maximum absolute atomic E-state index is 3.27. The second kappa shape index (κ2) is 32.7. The summed E-state index contributed by atoms with van der Waals surface area (Å²) in [6.07, 6.45) is 0. The van der Waals surface area contributed by atoms with Gasteiger partial charge < -0.3 is 20.4 Å². The van der Waals surface area contributed by atoms with Crippen LogP contribution in [0.2, 0.25) is 0 Å². The Labute approximate surface area is 143 Å². The van der Waals surface area contributed by atoms with Gasteiger partial charge in [0.15, 0.2) is 0 Å². The summed E-state index contributed by atoms with van der Waals surface area (Å²) in [5, 5.41) is 6.55. The van der Waals surface area contributed by atoms with Gasteiger partial charge in [-0.2, -0.15) is 0 Å². The third-order valence-electron chi connectivity index (χ3n) is 2.68. The average Bonchev–Trinajstić information content (AvgIpc) is 2.64. The Balaban J connectivity index is -0.000000102. The van der Waals surface area contributed by atoms with Crippen LogP contribution < -0.4 is 10.6 Å². The minimum Gasteiger partial charge on any atom is -0.314 e. The van der Waals surface area contributed by atoms with Crippen molar-refractivity contribution in [2.45, 2.75) is 55.4 Å². The molecule has 0 aromatic heterocycles. The third-order valence-corrected chi connectivity index (χ3v) is 2.68. The first-order chi connectivity index (χ1) is 10.8. The standard InChI is InChI=1S/2C5H12N2.4C2H6/c2*1-7-4-2-6-3-5-7;4*1-2/h2*6H,2-5H2,1H3;4*1-2H3.